The van der Waals surface area contributed by atoms with Crippen LogP contribution in [0.1, 0.15) is 22.3 Å². The van der Waals surface area contributed by atoms with Crippen LogP contribution in [0.25, 0.3) is 0 Å². The van der Waals surface area contributed by atoms with Crippen molar-refractivity contribution in [1.29, 1.82) is 5.26 Å². The van der Waals surface area contributed by atoms with E-state index < -0.39 is 11.8 Å². The van der Waals surface area contributed by atoms with Crippen molar-refractivity contribution < 1.29 is 19.1 Å². The number of hydrogen-bond donors (Lipinski definition) is 2. The Balaban J connectivity index is 1.73. The molecule has 2 N–H and O–H groups in total. The smallest absolute Gasteiger partial charge is 0.276 e. The van der Waals surface area contributed by atoms with Gasteiger partial charge in [-0.2, -0.15) is 5.26 Å². The topological polar surface area (TPSA) is 100 Å². The molecule has 2 aromatic carbocycles. The molecule has 0 spiro atoms. The second-order valence-corrected chi connectivity index (χ2v) is 6.04. The maximum atomic E-state index is 11.8. The van der Waals surface area contributed by atoms with Crippen LogP contribution in [0.15, 0.2) is 36.4 Å². The highest BCUT2D eigenvalue weighted by atomic mass is 16.5. The van der Waals surface area contributed by atoms with Gasteiger partial charge in [-0.25, -0.2) is 0 Å². The van der Waals surface area contributed by atoms with Gasteiger partial charge in [0.05, 0.1) is 11.6 Å². The van der Waals surface area contributed by atoms with E-state index in [4.69, 9.17) is 14.7 Å². The number of carbonyl (C=O) groups excluding carboxylic acids is 2. The first kappa shape index (κ1) is 19.8. The van der Waals surface area contributed by atoms with E-state index >= 15 is 0 Å². The molecule has 140 valence electrons. The van der Waals surface area contributed by atoms with E-state index in [0.717, 1.165) is 16.7 Å². The van der Waals surface area contributed by atoms with Crippen LogP contribution in [0.5, 0.6) is 11.5 Å². The van der Waals surface area contributed by atoms with Crippen molar-refractivity contribution >= 4 is 11.8 Å². The minimum Gasteiger partial charge on any atom is -0.484 e. The van der Waals surface area contributed by atoms with Crippen LogP contribution in [-0.4, -0.2) is 25.0 Å². The van der Waals surface area contributed by atoms with Gasteiger partial charge in [-0.3, -0.25) is 20.4 Å². The Morgan fingerprint density at radius 1 is 0.926 bits per heavy atom. The number of rotatable bonds is 6. The van der Waals surface area contributed by atoms with Gasteiger partial charge < -0.3 is 9.47 Å². The number of hydrogen-bond acceptors (Lipinski definition) is 5. The summed E-state index contributed by atoms with van der Waals surface area (Å²) in [5.41, 5.74) is 8.03. The number of nitriles is 1. The lowest BCUT2D eigenvalue weighted by atomic mass is 10.1. The summed E-state index contributed by atoms with van der Waals surface area (Å²) in [5, 5.41) is 8.72. The van der Waals surface area contributed by atoms with E-state index in [0.29, 0.717) is 17.1 Å². The number of ether oxygens (including phenoxy) is 2. The van der Waals surface area contributed by atoms with Crippen LogP contribution < -0.4 is 20.3 Å². The van der Waals surface area contributed by atoms with Crippen molar-refractivity contribution in [3.05, 3.63) is 58.7 Å². The summed E-state index contributed by atoms with van der Waals surface area (Å²) in [4.78, 5) is 23.6. The highest BCUT2D eigenvalue weighted by Gasteiger charge is 2.10. The van der Waals surface area contributed by atoms with Crippen molar-refractivity contribution in [3.63, 3.8) is 0 Å². The van der Waals surface area contributed by atoms with E-state index in [1.54, 1.807) is 24.3 Å². The fourth-order valence-corrected chi connectivity index (χ4v) is 2.52. The van der Waals surface area contributed by atoms with Crippen molar-refractivity contribution in [3.8, 4) is 17.6 Å². The number of hydrazine groups is 1. The summed E-state index contributed by atoms with van der Waals surface area (Å²) in [7, 11) is 0. The summed E-state index contributed by atoms with van der Waals surface area (Å²) < 4.78 is 10.8. The largest absolute Gasteiger partial charge is 0.484 e. The second-order valence-electron chi connectivity index (χ2n) is 6.04. The third-order valence-corrected chi connectivity index (χ3v) is 3.65. The van der Waals surface area contributed by atoms with E-state index in [-0.39, 0.29) is 13.2 Å². The van der Waals surface area contributed by atoms with Gasteiger partial charge in [-0.05, 0) is 56.2 Å². The molecule has 2 amide bonds. The molecule has 27 heavy (non-hydrogen) atoms. The van der Waals surface area contributed by atoms with Gasteiger partial charge >= 0.3 is 0 Å². The Kier molecular flexibility index (Phi) is 6.78. The molecular weight excluding hydrogens is 346 g/mol. The molecule has 0 bridgehead atoms. The lowest BCUT2D eigenvalue weighted by Gasteiger charge is -2.13. The number of benzene rings is 2. The maximum absolute atomic E-state index is 11.8. The summed E-state index contributed by atoms with van der Waals surface area (Å²) >= 11 is 0. The van der Waals surface area contributed by atoms with E-state index in [1.807, 2.05) is 39.0 Å². The summed E-state index contributed by atoms with van der Waals surface area (Å²) in [6.45, 7) is 5.32. The molecule has 0 saturated carbocycles. The summed E-state index contributed by atoms with van der Waals surface area (Å²) in [6.07, 6.45) is 0. The highest BCUT2D eigenvalue weighted by Crippen LogP contribution is 2.24. The number of aryl methyl sites for hydroxylation is 3. The van der Waals surface area contributed by atoms with Crippen LogP contribution in [0.2, 0.25) is 0 Å². The SMILES string of the molecule is Cc1cc(C)c(OCC(=O)NNC(=O)COc2ccc(C#N)cc2)c(C)c1. The zero-order valence-electron chi connectivity index (χ0n) is 15.5. The number of carbonyl (C=O) groups is 2. The molecule has 0 aliphatic carbocycles. The molecule has 0 radical (unpaired) electrons. The Morgan fingerprint density at radius 2 is 1.44 bits per heavy atom. The standard InChI is InChI=1S/C20H21N3O4/c1-13-8-14(2)20(15(3)9-13)27-12-19(25)23-22-18(24)11-26-17-6-4-16(10-21)5-7-17/h4-9H,11-12H2,1-3H3,(H,22,24)(H,23,25). The summed E-state index contributed by atoms with van der Waals surface area (Å²) in [6, 6.07) is 12.3. The predicted octanol–water partition coefficient (Wildman–Crippen LogP) is 2.09. The molecule has 0 atom stereocenters. The lowest BCUT2D eigenvalue weighted by molar-refractivity contribution is -0.131. The van der Waals surface area contributed by atoms with Crippen LogP contribution in [0.3, 0.4) is 0 Å². The van der Waals surface area contributed by atoms with Gasteiger partial charge in [0.2, 0.25) is 0 Å². The minimum atomic E-state index is -0.518. The minimum absolute atomic E-state index is 0.221. The van der Waals surface area contributed by atoms with E-state index in [1.165, 1.54) is 0 Å². The van der Waals surface area contributed by atoms with Crippen molar-refractivity contribution in [1.82, 2.24) is 10.9 Å². The van der Waals surface area contributed by atoms with Crippen LogP contribution >= 0.6 is 0 Å². The lowest BCUT2D eigenvalue weighted by Crippen LogP contribution is -2.45. The second kappa shape index (κ2) is 9.25. The van der Waals surface area contributed by atoms with E-state index in [9.17, 15) is 9.59 Å². The molecule has 0 aromatic heterocycles. The van der Waals surface area contributed by atoms with Gasteiger partial charge in [0.25, 0.3) is 11.8 Å². The number of nitrogens with zero attached hydrogens (tertiary/aromatic N) is 1. The third kappa shape index (κ3) is 6.04. The monoisotopic (exact) mass is 367 g/mol. The molecular formula is C20H21N3O4. The van der Waals surface area contributed by atoms with Crippen LogP contribution in [0.4, 0.5) is 0 Å². The Labute approximate surface area is 157 Å². The average molecular weight is 367 g/mol. The average Bonchev–Trinajstić information content (AvgIpc) is 2.64. The number of nitrogens with one attached hydrogen (secondary N) is 2. The zero-order chi connectivity index (χ0) is 19.8. The molecule has 0 heterocycles. The Morgan fingerprint density at radius 3 is 1.96 bits per heavy atom. The fourth-order valence-electron chi connectivity index (χ4n) is 2.52. The first-order valence-electron chi connectivity index (χ1n) is 8.30. The maximum Gasteiger partial charge on any atom is 0.276 e. The molecule has 0 fully saturated rings. The van der Waals surface area contributed by atoms with Crippen LogP contribution in [-0.2, 0) is 9.59 Å². The third-order valence-electron chi connectivity index (χ3n) is 3.65. The van der Waals surface area contributed by atoms with Crippen molar-refractivity contribution in [2.24, 2.45) is 0 Å². The highest BCUT2D eigenvalue weighted by molar-refractivity contribution is 5.83. The molecule has 0 saturated heterocycles. The van der Waals surface area contributed by atoms with Crippen LogP contribution in [0, 0.1) is 32.1 Å². The normalized spacial score (nSPS) is 9.85. The van der Waals surface area contributed by atoms with Crippen molar-refractivity contribution in [2.45, 2.75) is 20.8 Å². The molecule has 0 aliphatic rings. The zero-order valence-corrected chi connectivity index (χ0v) is 15.5. The predicted molar refractivity (Wildman–Crippen MR) is 99.1 cm³/mol. The van der Waals surface area contributed by atoms with Gasteiger partial charge in [-0.1, -0.05) is 17.7 Å². The molecule has 0 aliphatic heterocycles. The number of amides is 2. The first-order chi connectivity index (χ1) is 12.9. The fraction of sp³-hybridized carbons (Fsp3) is 0.250. The Bertz CT molecular complexity index is 847. The summed E-state index contributed by atoms with van der Waals surface area (Å²) in [5.74, 6) is 0.104. The molecule has 2 rings (SSSR count). The Hall–Kier alpha value is -3.53. The quantitative estimate of drug-likeness (QED) is 0.762. The van der Waals surface area contributed by atoms with Gasteiger partial charge in [0.1, 0.15) is 11.5 Å². The first-order valence-corrected chi connectivity index (χ1v) is 8.30. The van der Waals surface area contributed by atoms with Gasteiger partial charge in [-0.15, -0.1) is 0 Å². The molecule has 2 aromatic rings. The molecule has 7 nitrogen and oxygen atoms in total. The molecule has 7 heteroatoms. The van der Waals surface area contributed by atoms with Crippen molar-refractivity contribution in [2.75, 3.05) is 13.2 Å². The van der Waals surface area contributed by atoms with Gasteiger partial charge in [0, 0.05) is 0 Å². The molecule has 0 unspecified atom stereocenters. The van der Waals surface area contributed by atoms with E-state index in [2.05, 4.69) is 10.9 Å². The van der Waals surface area contributed by atoms with Gasteiger partial charge in [0.15, 0.2) is 13.2 Å².